The molecule has 0 spiro atoms. The van der Waals surface area contributed by atoms with Gasteiger partial charge in [0.25, 0.3) is 23.6 Å². The Morgan fingerprint density at radius 2 is 1.60 bits per heavy atom. The molecule has 0 aromatic heterocycles. The molecule has 0 aliphatic carbocycles. The van der Waals surface area contributed by atoms with Crippen LogP contribution in [-0.4, -0.2) is 42.2 Å². The van der Waals surface area contributed by atoms with Crippen LogP contribution < -0.4 is 15.4 Å². The van der Waals surface area contributed by atoms with E-state index in [2.05, 4.69) is 10.6 Å². The monoisotopic (exact) mass is 475 g/mol. The maximum atomic E-state index is 14.0. The maximum Gasteiger partial charge on any atom is 0.261 e. The second-order valence-corrected chi connectivity index (χ2v) is 7.73. The molecule has 1 heterocycles. The van der Waals surface area contributed by atoms with Crippen LogP contribution in [0.2, 0.25) is 0 Å². The number of amides is 4. The van der Waals surface area contributed by atoms with Gasteiger partial charge in [-0.05, 0) is 55.0 Å². The van der Waals surface area contributed by atoms with Crippen LogP contribution in [0.5, 0.6) is 5.75 Å². The Balaban J connectivity index is 1.61. The number of nitrogens with one attached hydrogen (secondary N) is 2. The first kappa shape index (κ1) is 23.6. The first-order valence-corrected chi connectivity index (χ1v) is 10.9. The van der Waals surface area contributed by atoms with E-state index in [0.717, 1.165) is 11.0 Å². The van der Waals surface area contributed by atoms with Crippen LogP contribution in [0.1, 0.15) is 53.9 Å². The van der Waals surface area contributed by atoms with Gasteiger partial charge in [0.2, 0.25) is 0 Å². The Hall–Kier alpha value is -4.53. The number of fused-ring (bicyclic) bond motifs is 1. The smallest absolute Gasteiger partial charge is 0.261 e. The molecule has 8 nitrogen and oxygen atoms in total. The zero-order valence-electron chi connectivity index (χ0n) is 19.1. The highest BCUT2D eigenvalue weighted by atomic mass is 19.1. The Morgan fingerprint density at radius 3 is 2.23 bits per heavy atom. The summed E-state index contributed by atoms with van der Waals surface area (Å²) >= 11 is 0. The average Bonchev–Trinajstić information content (AvgIpc) is 3.10. The summed E-state index contributed by atoms with van der Waals surface area (Å²) in [4.78, 5) is 51.5. The van der Waals surface area contributed by atoms with Crippen molar-refractivity contribution in [2.75, 3.05) is 19.0 Å². The van der Waals surface area contributed by atoms with Gasteiger partial charge in [-0.3, -0.25) is 24.1 Å². The molecule has 178 valence electrons. The lowest BCUT2D eigenvalue weighted by molar-refractivity contribution is 0.0642. The molecule has 0 radical (unpaired) electrons. The number of benzene rings is 3. The summed E-state index contributed by atoms with van der Waals surface area (Å²) in [6.07, 6.45) is 0. The zero-order chi connectivity index (χ0) is 25.1. The van der Waals surface area contributed by atoms with Crippen LogP contribution in [0.25, 0.3) is 0 Å². The van der Waals surface area contributed by atoms with Crippen molar-refractivity contribution in [2.45, 2.75) is 13.5 Å². The van der Waals surface area contributed by atoms with Crippen LogP contribution in [-0.2, 0) is 6.54 Å². The molecule has 4 amide bonds. The number of hydrogen-bond donors (Lipinski definition) is 2. The lowest BCUT2D eigenvalue weighted by Gasteiger charge is -2.17. The van der Waals surface area contributed by atoms with Crippen molar-refractivity contribution < 1.29 is 28.3 Å². The second-order valence-electron chi connectivity index (χ2n) is 7.73. The van der Waals surface area contributed by atoms with Gasteiger partial charge in [-0.1, -0.05) is 18.2 Å². The van der Waals surface area contributed by atoms with Crippen molar-refractivity contribution in [2.24, 2.45) is 0 Å². The summed E-state index contributed by atoms with van der Waals surface area (Å²) in [6.45, 7) is 2.04. The van der Waals surface area contributed by atoms with E-state index < -0.39 is 29.4 Å². The van der Waals surface area contributed by atoms with E-state index in [-0.39, 0.29) is 23.4 Å². The van der Waals surface area contributed by atoms with Crippen molar-refractivity contribution in [1.29, 1.82) is 0 Å². The van der Waals surface area contributed by atoms with Gasteiger partial charge in [0, 0.05) is 12.7 Å². The predicted molar refractivity (Wildman–Crippen MR) is 126 cm³/mol. The van der Waals surface area contributed by atoms with Gasteiger partial charge in [-0.25, -0.2) is 4.39 Å². The van der Waals surface area contributed by atoms with Crippen LogP contribution in [0.15, 0.2) is 60.7 Å². The molecule has 4 rings (SSSR count). The largest absolute Gasteiger partial charge is 0.493 e. The van der Waals surface area contributed by atoms with Crippen molar-refractivity contribution in [3.63, 3.8) is 0 Å². The first-order valence-electron chi connectivity index (χ1n) is 10.9. The fraction of sp³-hybridized carbons (Fsp3) is 0.154. The number of ether oxygens (including phenoxy) is 1. The number of anilines is 1. The van der Waals surface area contributed by atoms with Crippen molar-refractivity contribution in [3.8, 4) is 5.75 Å². The predicted octanol–water partition coefficient (Wildman–Crippen LogP) is 3.63. The highest BCUT2D eigenvalue weighted by molar-refractivity contribution is 6.21. The van der Waals surface area contributed by atoms with Gasteiger partial charge in [0.05, 0.1) is 35.4 Å². The summed E-state index contributed by atoms with van der Waals surface area (Å²) in [5, 5.41) is 4.99. The normalized spacial score (nSPS) is 12.4. The van der Waals surface area contributed by atoms with Gasteiger partial charge in [0.1, 0.15) is 11.6 Å². The molecule has 1 aliphatic rings. The number of imide groups is 1. The highest BCUT2D eigenvalue weighted by Crippen LogP contribution is 2.27. The van der Waals surface area contributed by atoms with E-state index >= 15 is 0 Å². The Kier molecular flexibility index (Phi) is 6.59. The van der Waals surface area contributed by atoms with E-state index in [1.165, 1.54) is 25.2 Å². The lowest BCUT2D eigenvalue weighted by Crippen LogP contribution is -2.29. The summed E-state index contributed by atoms with van der Waals surface area (Å²) < 4.78 is 19.6. The summed E-state index contributed by atoms with van der Waals surface area (Å²) in [7, 11) is 1.38. The van der Waals surface area contributed by atoms with Gasteiger partial charge in [-0.2, -0.15) is 0 Å². The Morgan fingerprint density at radius 1 is 0.914 bits per heavy atom. The standard InChI is InChI=1S/C26H22FN3O5/c1-3-35-22-11-8-15(14-30-25(33)17-6-4-5-7-18(17)26(30)34)12-20(22)24(32)29-16-9-10-21(27)19(13-16)23(31)28-2/h4-13H,3,14H2,1-2H3,(H,28,31)(H,29,32). The van der Waals surface area contributed by atoms with Crippen LogP contribution >= 0.6 is 0 Å². The first-order chi connectivity index (χ1) is 16.8. The minimum atomic E-state index is -0.722. The van der Waals surface area contributed by atoms with Gasteiger partial charge in [-0.15, -0.1) is 0 Å². The van der Waals surface area contributed by atoms with Gasteiger partial charge >= 0.3 is 0 Å². The molecular formula is C26H22FN3O5. The lowest BCUT2D eigenvalue weighted by atomic mass is 10.1. The highest BCUT2D eigenvalue weighted by Gasteiger charge is 2.35. The third-order valence-corrected chi connectivity index (χ3v) is 5.50. The van der Waals surface area contributed by atoms with Crippen LogP contribution in [0, 0.1) is 5.82 Å². The number of carbonyl (C=O) groups excluding carboxylic acids is 4. The second kappa shape index (κ2) is 9.76. The third kappa shape index (κ3) is 4.61. The van der Waals surface area contributed by atoms with E-state index in [1.807, 2.05) is 0 Å². The van der Waals surface area contributed by atoms with Crippen molar-refractivity contribution in [3.05, 3.63) is 94.3 Å². The van der Waals surface area contributed by atoms with E-state index in [0.29, 0.717) is 29.0 Å². The number of nitrogens with zero attached hydrogens (tertiary/aromatic N) is 1. The quantitative estimate of drug-likeness (QED) is 0.508. The molecule has 0 fully saturated rings. The van der Waals surface area contributed by atoms with Crippen molar-refractivity contribution >= 4 is 29.3 Å². The summed E-state index contributed by atoms with van der Waals surface area (Å²) in [5.74, 6) is -2.43. The topological polar surface area (TPSA) is 105 Å². The molecule has 0 unspecified atom stereocenters. The molecule has 35 heavy (non-hydrogen) atoms. The average molecular weight is 475 g/mol. The molecule has 2 N–H and O–H groups in total. The SMILES string of the molecule is CCOc1ccc(CN2C(=O)c3ccccc3C2=O)cc1C(=O)Nc1ccc(F)c(C(=O)NC)c1. The molecule has 3 aromatic rings. The molecule has 9 heteroatoms. The van der Waals surface area contributed by atoms with Crippen LogP contribution in [0.3, 0.4) is 0 Å². The minimum Gasteiger partial charge on any atom is -0.493 e. The van der Waals surface area contributed by atoms with Gasteiger partial charge < -0.3 is 15.4 Å². The van der Waals surface area contributed by atoms with Crippen LogP contribution in [0.4, 0.5) is 10.1 Å². The molecule has 0 bridgehead atoms. The number of halogens is 1. The number of rotatable bonds is 7. The molecule has 0 saturated carbocycles. The van der Waals surface area contributed by atoms with E-state index in [4.69, 9.17) is 4.74 Å². The molecule has 0 saturated heterocycles. The number of carbonyl (C=O) groups is 4. The summed E-state index contributed by atoms with van der Waals surface area (Å²) in [6, 6.07) is 15.0. The third-order valence-electron chi connectivity index (χ3n) is 5.50. The van der Waals surface area contributed by atoms with Crippen molar-refractivity contribution in [1.82, 2.24) is 10.2 Å². The van der Waals surface area contributed by atoms with E-state index in [1.54, 1.807) is 43.3 Å². The summed E-state index contributed by atoms with van der Waals surface area (Å²) in [5.41, 5.74) is 1.37. The fourth-order valence-corrected chi connectivity index (χ4v) is 3.81. The Labute approximate surface area is 200 Å². The molecule has 3 aromatic carbocycles. The molecule has 1 aliphatic heterocycles. The van der Waals surface area contributed by atoms with E-state index in [9.17, 15) is 23.6 Å². The fourth-order valence-electron chi connectivity index (χ4n) is 3.81. The minimum absolute atomic E-state index is 0.0313. The van der Waals surface area contributed by atoms with Gasteiger partial charge in [0.15, 0.2) is 0 Å². The Bertz CT molecular complexity index is 1320. The maximum absolute atomic E-state index is 14.0. The molecule has 0 atom stereocenters. The number of hydrogen-bond acceptors (Lipinski definition) is 5. The zero-order valence-corrected chi connectivity index (χ0v) is 19.1. The molecular weight excluding hydrogens is 453 g/mol.